The van der Waals surface area contributed by atoms with Gasteiger partial charge in [0.25, 0.3) is 0 Å². The number of carbonyl (C=O) groups excluding carboxylic acids is 2. The zero-order chi connectivity index (χ0) is 31.2. The summed E-state index contributed by atoms with van der Waals surface area (Å²) in [5.74, 6) is 1.77. The van der Waals surface area contributed by atoms with E-state index < -0.39 is 6.03 Å². The lowest BCUT2D eigenvalue weighted by molar-refractivity contribution is -0.185. The van der Waals surface area contributed by atoms with Gasteiger partial charge in [0.1, 0.15) is 0 Å². The SMILES string of the molecule is C=C(C)C1CCC2(NC(N)=O)CCC3(N)C(CCC4C5(C)CC=C(c6ccc(C(=O)OC)cc6)C(C)(C)C5CCC43C)C12. The number of ether oxygens (including phenoxy) is 1. The largest absolute Gasteiger partial charge is 0.465 e. The monoisotopic (exact) mass is 587 g/mol. The summed E-state index contributed by atoms with van der Waals surface area (Å²) in [7, 11) is 1.42. The zero-order valence-electron chi connectivity index (χ0n) is 27.2. The Morgan fingerprint density at radius 3 is 2.28 bits per heavy atom. The molecule has 1 aromatic carbocycles. The first-order chi connectivity index (χ1) is 20.1. The molecule has 4 fully saturated rings. The maximum absolute atomic E-state index is 12.3. The van der Waals surface area contributed by atoms with Gasteiger partial charge in [-0.1, -0.05) is 58.1 Å². The van der Waals surface area contributed by atoms with E-state index >= 15 is 0 Å². The lowest BCUT2D eigenvalue weighted by Crippen LogP contribution is -2.75. The molecule has 6 nitrogen and oxygen atoms in total. The standard InChI is InChI=1S/C37H53N3O3/c1-22(2)25-14-19-36(40-32(38)42)20-21-37(39)27(30(25)36)12-13-29-34(5)17-15-26(23-8-10-24(11-9-23)31(41)43-7)33(3,4)28(34)16-18-35(29,37)6/h8-11,15,25,27-30H,1,12-14,16-21,39H2,2-7H3,(H3,38,40,42). The molecule has 0 spiro atoms. The predicted octanol–water partition coefficient (Wildman–Crippen LogP) is 7.24. The highest BCUT2D eigenvalue weighted by atomic mass is 16.5. The van der Waals surface area contributed by atoms with E-state index in [1.807, 2.05) is 12.1 Å². The van der Waals surface area contributed by atoms with E-state index in [0.29, 0.717) is 35.2 Å². The molecule has 43 heavy (non-hydrogen) atoms. The smallest absolute Gasteiger partial charge is 0.337 e. The summed E-state index contributed by atoms with van der Waals surface area (Å²) >= 11 is 0. The van der Waals surface area contributed by atoms with Crippen LogP contribution in [0.3, 0.4) is 0 Å². The highest BCUT2D eigenvalue weighted by Crippen LogP contribution is 2.73. The number of benzene rings is 1. The molecule has 5 aliphatic carbocycles. The quantitative estimate of drug-likeness (QED) is 0.255. The van der Waals surface area contributed by atoms with Crippen molar-refractivity contribution in [3.05, 3.63) is 53.6 Å². The van der Waals surface area contributed by atoms with Crippen molar-refractivity contribution in [2.45, 2.75) is 103 Å². The number of rotatable bonds is 4. The molecule has 9 atom stereocenters. The van der Waals surface area contributed by atoms with Crippen LogP contribution in [-0.2, 0) is 4.74 Å². The summed E-state index contributed by atoms with van der Waals surface area (Å²) in [6.07, 6.45) is 11.9. The van der Waals surface area contributed by atoms with Crippen LogP contribution in [0.4, 0.5) is 4.79 Å². The van der Waals surface area contributed by atoms with Crippen molar-refractivity contribution >= 4 is 17.6 Å². The lowest BCUT2D eigenvalue weighted by Gasteiger charge is -2.72. The molecule has 4 saturated carbocycles. The van der Waals surface area contributed by atoms with Gasteiger partial charge in [-0.2, -0.15) is 0 Å². The zero-order valence-corrected chi connectivity index (χ0v) is 27.2. The van der Waals surface area contributed by atoms with Gasteiger partial charge in [0.2, 0.25) is 0 Å². The molecule has 0 radical (unpaired) electrons. The molecule has 0 heterocycles. The highest BCUT2D eigenvalue weighted by Gasteiger charge is 2.71. The summed E-state index contributed by atoms with van der Waals surface area (Å²) in [5.41, 5.74) is 17.6. The van der Waals surface area contributed by atoms with Crippen molar-refractivity contribution in [3.8, 4) is 0 Å². The molecule has 6 heteroatoms. The number of nitrogens with one attached hydrogen (secondary N) is 1. The number of amides is 2. The first kappa shape index (κ1) is 30.4. The highest BCUT2D eigenvalue weighted by molar-refractivity contribution is 5.90. The molecule has 0 bridgehead atoms. The van der Waals surface area contributed by atoms with Gasteiger partial charge in [0, 0.05) is 11.1 Å². The molecule has 0 aromatic heterocycles. The molecular formula is C37H53N3O3. The second-order valence-electron chi connectivity index (χ2n) is 16.1. The maximum atomic E-state index is 12.3. The number of nitrogens with two attached hydrogens (primary N) is 2. The van der Waals surface area contributed by atoms with Crippen molar-refractivity contribution in [1.82, 2.24) is 5.32 Å². The Kier molecular flexibility index (Phi) is 7.04. The molecule has 9 unspecified atom stereocenters. The Morgan fingerprint density at radius 2 is 1.65 bits per heavy atom. The molecule has 1 aromatic rings. The Balaban J connectivity index is 1.35. The third-order valence-corrected chi connectivity index (χ3v) is 14.1. The summed E-state index contributed by atoms with van der Waals surface area (Å²) in [6.45, 7) is 16.5. The van der Waals surface area contributed by atoms with E-state index in [1.54, 1.807) is 0 Å². The molecule has 6 rings (SSSR count). The van der Waals surface area contributed by atoms with Gasteiger partial charge in [0.05, 0.1) is 12.7 Å². The minimum atomic E-state index is -0.406. The number of methoxy groups -OCH3 is 1. The summed E-state index contributed by atoms with van der Waals surface area (Å²) in [6, 6.07) is 7.55. The van der Waals surface area contributed by atoms with Crippen molar-refractivity contribution in [2.24, 2.45) is 57.3 Å². The molecule has 5 N–H and O–H groups in total. The minimum absolute atomic E-state index is 0.0106. The Morgan fingerprint density at radius 1 is 0.953 bits per heavy atom. The number of hydrogen-bond acceptors (Lipinski definition) is 4. The molecule has 234 valence electrons. The molecule has 0 aliphatic heterocycles. The van der Waals surface area contributed by atoms with Crippen molar-refractivity contribution in [3.63, 3.8) is 0 Å². The van der Waals surface area contributed by atoms with Gasteiger partial charge in [-0.3, -0.25) is 0 Å². The fourth-order valence-corrected chi connectivity index (χ4v) is 12.3. The normalized spacial score (nSPS) is 42.8. The Hall–Kier alpha value is -2.60. The fourth-order valence-electron chi connectivity index (χ4n) is 12.3. The van der Waals surface area contributed by atoms with Crippen LogP contribution >= 0.6 is 0 Å². The number of esters is 1. The first-order valence-corrected chi connectivity index (χ1v) is 16.6. The van der Waals surface area contributed by atoms with Crippen LogP contribution in [-0.4, -0.2) is 30.2 Å². The minimum Gasteiger partial charge on any atom is -0.465 e. The second kappa shape index (κ2) is 9.95. The van der Waals surface area contributed by atoms with Gasteiger partial charge in [-0.05, 0) is 134 Å². The number of primary amides is 1. The Labute approximate surface area is 258 Å². The van der Waals surface area contributed by atoms with Crippen LogP contribution in [0.1, 0.15) is 108 Å². The van der Waals surface area contributed by atoms with E-state index in [9.17, 15) is 9.59 Å². The van der Waals surface area contributed by atoms with Crippen LogP contribution in [0.25, 0.3) is 5.57 Å². The van der Waals surface area contributed by atoms with Gasteiger partial charge in [-0.15, -0.1) is 0 Å². The maximum Gasteiger partial charge on any atom is 0.337 e. The first-order valence-electron chi connectivity index (χ1n) is 16.6. The van der Waals surface area contributed by atoms with Crippen LogP contribution < -0.4 is 16.8 Å². The van der Waals surface area contributed by atoms with Gasteiger partial charge < -0.3 is 21.5 Å². The number of carbonyl (C=O) groups is 2. The Bertz CT molecular complexity index is 1370. The van der Waals surface area contributed by atoms with Crippen LogP contribution in [0.2, 0.25) is 0 Å². The van der Waals surface area contributed by atoms with Crippen molar-refractivity contribution in [1.29, 1.82) is 0 Å². The molecule has 2 amide bonds. The lowest BCUT2D eigenvalue weighted by atomic mass is 9.34. The summed E-state index contributed by atoms with van der Waals surface area (Å²) < 4.78 is 4.92. The summed E-state index contributed by atoms with van der Waals surface area (Å²) in [4.78, 5) is 24.3. The summed E-state index contributed by atoms with van der Waals surface area (Å²) in [5, 5.41) is 3.28. The van der Waals surface area contributed by atoms with E-state index in [2.05, 4.69) is 64.7 Å². The van der Waals surface area contributed by atoms with E-state index in [4.69, 9.17) is 16.2 Å². The van der Waals surface area contributed by atoms with E-state index in [1.165, 1.54) is 30.2 Å². The average molecular weight is 588 g/mol. The number of fused-ring (bicyclic) bond motifs is 7. The predicted molar refractivity (Wildman–Crippen MR) is 172 cm³/mol. The topological polar surface area (TPSA) is 107 Å². The number of allylic oxidation sites excluding steroid dienone is 3. The molecule has 5 aliphatic rings. The van der Waals surface area contributed by atoms with E-state index in [0.717, 1.165) is 51.4 Å². The molecular weight excluding hydrogens is 534 g/mol. The van der Waals surface area contributed by atoms with Crippen LogP contribution in [0, 0.1) is 45.8 Å². The number of hydrogen-bond donors (Lipinski definition) is 3. The average Bonchev–Trinajstić information content (AvgIpc) is 3.32. The third kappa shape index (κ3) is 4.14. The second-order valence-corrected chi connectivity index (χ2v) is 16.1. The number of urea groups is 1. The van der Waals surface area contributed by atoms with Crippen LogP contribution in [0.15, 0.2) is 42.5 Å². The van der Waals surface area contributed by atoms with Gasteiger partial charge in [-0.25, -0.2) is 9.59 Å². The van der Waals surface area contributed by atoms with Gasteiger partial charge in [0.15, 0.2) is 0 Å². The van der Waals surface area contributed by atoms with Crippen molar-refractivity contribution in [2.75, 3.05) is 7.11 Å². The van der Waals surface area contributed by atoms with Crippen molar-refractivity contribution < 1.29 is 14.3 Å². The van der Waals surface area contributed by atoms with E-state index in [-0.39, 0.29) is 33.3 Å². The van der Waals surface area contributed by atoms with Gasteiger partial charge >= 0.3 is 12.0 Å². The third-order valence-electron chi connectivity index (χ3n) is 14.1. The molecule has 0 saturated heterocycles. The van der Waals surface area contributed by atoms with Crippen LogP contribution in [0.5, 0.6) is 0 Å². The fraction of sp³-hybridized carbons (Fsp3) is 0.676.